The molecule has 1 N–H and O–H groups in total. The number of esters is 1. The Morgan fingerprint density at radius 2 is 2.12 bits per heavy atom. The van der Waals surface area contributed by atoms with Crippen LogP contribution >= 0.6 is 0 Å². The van der Waals surface area contributed by atoms with E-state index in [0.717, 1.165) is 12.8 Å². The van der Waals surface area contributed by atoms with Crippen LogP contribution in [0.1, 0.15) is 55.1 Å². The zero-order valence-corrected chi connectivity index (χ0v) is 14.2. The Hall–Kier alpha value is -2.08. The van der Waals surface area contributed by atoms with Crippen molar-refractivity contribution in [1.82, 2.24) is 4.90 Å². The first-order chi connectivity index (χ1) is 11.3. The second-order valence-corrected chi connectivity index (χ2v) is 6.88. The largest absolute Gasteiger partial charge is 0.485 e. The number of benzene rings is 1. The predicted octanol–water partition coefficient (Wildman–Crippen LogP) is 2.06. The number of fused-ring (bicyclic) bond motifs is 1. The van der Waals surface area contributed by atoms with E-state index < -0.39 is 23.7 Å². The summed E-state index contributed by atoms with van der Waals surface area (Å²) < 4.78 is 10.7. The number of rotatable bonds is 2. The number of carbonyl (C=O) groups excluding carboxylic acids is 2. The molecule has 1 aromatic rings. The van der Waals surface area contributed by atoms with Crippen molar-refractivity contribution in [3.05, 3.63) is 29.3 Å². The van der Waals surface area contributed by atoms with Gasteiger partial charge in [0.05, 0.1) is 18.7 Å². The van der Waals surface area contributed by atoms with E-state index in [4.69, 9.17) is 9.47 Å². The van der Waals surface area contributed by atoms with Crippen molar-refractivity contribution in [2.75, 3.05) is 13.7 Å². The molecule has 0 radical (unpaired) electrons. The van der Waals surface area contributed by atoms with Crippen LogP contribution in [0.15, 0.2) is 18.2 Å². The fourth-order valence-electron chi connectivity index (χ4n) is 3.47. The molecule has 6 heteroatoms. The molecular formula is C18H23NO5. The van der Waals surface area contributed by atoms with E-state index in [9.17, 15) is 14.7 Å². The molecule has 2 atom stereocenters. The molecule has 0 saturated carbocycles. The van der Waals surface area contributed by atoms with Gasteiger partial charge in [0.15, 0.2) is 0 Å². The summed E-state index contributed by atoms with van der Waals surface area (Å²) in [6.07, 6.45) is 1.37. The van der Waals surface area contributed by atoms with Crippen LogP contribution in [0.2, 0.25) is 0 Å². The number of nitrogens with zero attached hydrogens (tertiary/aromatic N) is 1. The third-order valence-corrected chi connectivity index (χ3v) is 4.83. The zero-order valence-electron chi connectivity index (χ0n) is 14.2. The van der Waals surface area contributed by atoms with Crippen molar-refractivity contribution in [3.63, 3.8) is 0 Å². The zero-order chi connectivity index (χ0) is 17.5. The topological polar surface area (TPSA) is 76.1 Å². The lowest BCUT2D eigenvalue weighted by Gasteiger charge is -2.47. The van der Waals surface area contributed by atoms with Gasteiger partial charge >= 0.3 is 5.97 Å². The van der Waals surface area contributed by atoms with Gasteiger partial charge in [-0.15, -0.1) is 0 Å². The molecule has 0 unspecified atom stereocenters. The number of aliphatic hydroxyl groups excluding tert-OH is 1. The molecule has 6 nitrogen and oxygen atoms in total. The molecule has 2 aliphatic heterocycles. The number of amides is 1. The highest BCUT2D eigenvalue weighted by molar-refractivity contribution is 5.90. The van der Waals surface area contributed by atoms with E-state index in [2.05, 4.69) is 0 Å². The van der Waals surface area contributed by atoms with E-state index in [1.165, 1.54) is 7.11 Å². The molecule has 2 aliphatic rings. The number of ether oxygens (including phenoxy) is 2. The summed E-state index contributed by atoms with van der Waals surface area (Å²) in [4.78, 5) is 26.0. The van der Waals surface area contributed by atoms with E-state index in [-0.39, 0.29) is 5.91 Å². The molecule has 0 bridgehead atoms. The van der Waals surface area contributed by atoms with Gasteiger partial charge in [-0.3, -0.25) is 4.79 Å². The number of hydrogen-bond donors (Lipinski definition) is 1. The second-order valence-electron chi connectivity index (χ2n) is 6.88. The highest BCUT2D eigenvalue weighted by Gasteiger charge is 2.47. The van der Waals surface area contributed by atoms with E-state index in [1.54, 1.807) is 36.9 Å². The van der Waals surface area contributed by atoms with Gasteiger partial charge in [0, 0.05) is 18.5 Å². The molecule has 0 spiro atoms. The van der Waals surface area contributed by atoms with Crippen LogP contribution in [0.4, 0.5) is 0 Å². The van der Waals surface area contributed by atoms with Gasteiger partial charge in [-0.2, -0.15) is 0 Å². The van der Waals surface area contributed by atoms with Gasteiger partial charge in [0.25, 0.3) is 0 Å². The average Bonchev–Trinajstić information content (AvgIpc) is 2.56. The van der Waals surface area contributed by atoms with Crippen molar-refractivity contribution in [2.45, 2.75) is 50.9 Å². The predicted molar refractivity (Wildman–Crippen MR) is 86.8 cm³/mol. The normalized spacial score (nSPS) is 25.7. The first-order valence-corrected chi connectivity index (χ1v) is 8.24. The molecule has 1 saturated heterocycles. The lowest BCUT2D eigenvalue weighted by molar-refractivity contribution is -0.147. The first kappa shape index (κ1) is 16.8. The Kier molecular flexibility index (Phi) is 4.25. The Balaban J connectivity index is 2.09. The maximum absolute atomic E-state index is 12.4. The van der Waals surface area contributed by atoms with Crippen LogP contribution in [0.5, 0.6) is 5.75 Å². The Bertz CT molecular complexity index is 669. The van der Waals surface area contributed by atoms with Crippen LogP contribution in [0.3, 0.4) is 0 Å². The summed E-state index contributed by atoms with van der Waals surface area (Å²) in [5.74, 6) is 0.152. The standard InChI is InChI=1S/C18H23NO5/c1-18(2)16(21)15(19-9-5-4-6-14(19)20)12-10-11(17(22)23-3)7-8-13(12)24-18/h7-8,10,15-16,21H,4-6,9H2,1-3H3/t15-,16+/m1/s1. The molecule has 0 aliphatic carbocycles. The van der Waals surface area contributed by atoms with Crippen LogP contribution in [-0.2, 0) is 9.53 Å². The average molecular weight is 333 g/mol. The van der Waals surface area contributed by atoms with Crippen LogP contribution in [-0.4, -0.2) is 47.2 Å². The Morgan fingerprint density at radius 1 is 1.38 bits per heavy atom. The molecule has 1 amide bonds. The summed E-state index contributed by atoms with van der Waals surface area (Å²) in [5.41, 5.74) is 0.198. The monoisotopic (exact) mass is 333 g/mol. The number of aliphatic hydroxyl groups is 1. The minimum absolute atomic E-state index is 0.0254. The fourth-order valence-corrected chi connectivity index (χ4v) is 3.47. The third-order valence-electron chi connectivity index (χ3n) is 4.83. The van der Waals surface area contributed by atoms with Crippen LogP contribution in [0, 0.1) is 0 Å². The van der Waals surface area contributed by atoms with E-state index >= 15 is 0 Å². The maximum atomic E-state index is 12.4. The number of carbonyl (C=O) groups is 2. The second kappa shape index (κ2) is 6.09. The van der Waals surface area contributed by atoms with Crippen LogP contribution < -0.4 is 4.74 Å². The summed E-state index contributed by atoms with van der Waals surface area (Å²) in [7, 11) is 1.32. The highest BCUT2D eigenvalue weighted by Crippen LogP contribution is 2.44. The summed E-state index contributed by atoms with van der Waals surface area (Å²) in [6, 6.07) is 4.47. The molecule has 1 aromatic carbocycles. The lowest BCUT2D eigenvalue weighted by Crippen LogP contribution is -2.55. The minimum Gasteiger partial charge on any atom is -0.485 e. The molecule has 0 aromatic heterocycles. The number of likely N-dealkylation sites (tertiary alicyclic amines) is 1. The van der Waals surface area contributed by atoms with E-state index in [1.807, 2.05) is 0 Å². The molecule has 3 rings (SSSR count). The first-order valence-electron chi connectivity index (χ1n) is 8.24. The van der Waals surface area contributed by atoms with Crippen molar-refractivity contribution in [2.24, 2.45) is 0 Å². The quantitative estimate of drug-likeness (QED) is 0.839. The van der Waals surface area contributed by atoms with Crippen molar-refractivity contribution < 1.29 is 24.2 Å². The van der Waals surface area contributed by atoms with Gasteiger partial charge in [0.2, 0.25) is 5.91 Å². The number of methoxy groups -OCH3 is 1. The van der Waals surface area contributed by atoms with Gasteiger partial charge in [0.1, 0.15) is 17.5 Å². The van der Waals surface area contributed by atoms with Gasteiger partial charge in [-0.25, -0.2) is 4.79 Å². The molecule has 24 heavy (non-hydrogen) atoms. The van der Waals surface area contributed by atoms with Crippen molar-refractivity contribution >= 4 is 11.9 Å². The smallest absolute Gasteiger partial charge is 0.337 e. The summed E-state index contributed by atoms with van der Waals surface area (Å²) in [6.45, 7) is 4.20. The van der Waals surface area contributed by atoms with Gasteiger partial charge in [-0.05, 0) is 44.9 Å². The SMILES string of the molecule is COC(=O)c1ccc2c(c1)[C@@H](N1CCCCC1=O)[C@H](O)C(C)(C)O2. The minimum atomic E-state index is -0.889. The summed E-state index contributed by atoms with van der Waals surface area (Å²) >= 11 is 0. The molecule has 130 valence electrons. The molecular weight excluding hydrogens is 310 g/mol. The van der Waals surface area contributed by atoms with Gasteiger partial charge in [-0.1, -0.05) is 0 Å². The van der Waals surface area contributed by atoms with Crippen LogP contribution in [0.25, 0.3) is 0 Å². The fraction of sp³-hybridized carbons (Fsp3) is 0.556. The maximum Gasteiger partial charge on any atom is 0.337 e. The Labute approximate surface area is 141 Å². The van der Waals surface area contributed by atoms with Gasteiger partial charge < -0.3 is 19.5 Å². The van der Waals surface area contributed by atoms with E-state index in [0.29, 0.717) is 29.8 Å². The Morgan fingerprint density at radius 3 is 2.79 bits per heavy atom. The molecule has 1 fully saturated rings. The molecule has 2 heterocycles. The number of piperidine rings is 1. The highest BCUT2D eigenvalue weighted by atomic mass is 16.5. The lowest BCUT2D eigenvalue weighted by atomic mass is 9.84. The third kappa shape index (κ3) is 2.75. The van der Waals surface area contributed by atoms with Crippen molar-refractivity contribution in [3.8, 4) is 5.75 Å². The summed E-state index contributed by atoms with van der Waals surface area (Å²) in [5, 5.41) is 10.9. The number of hydrogen-bond acceptors (Lipinski definition) is 5. The van der Waals surface area contributed by atoms with Crippen molar-refractivity contribution in [1.29, 1.82) is 0 Å².